The van der Waals surface area contributed by atoms with Crippen molar-refractivity contribution in [3.8, 4) is 5.75 Å². The zero-order chi connectivity index (χ0) is 16.9. The summed E-state index contributed by atoms with van der Waals surface area (Å²) >= 11 is 0. The van der Waals surface area contributed by atoms with E-state index < -0.39 is 0 Å². The summed E-state index contributed by atoms with van der Waals surface area (Å²) in [6.07, 6.45) is 7.23. The summed E-state index contributed by atoms with van der Waals surface area (Å²) in [4.78, 5) is 17.8. The molecule has 0 aliphatic carbocycles. The highest BCUT2D eigenvalue weighted by molar-refractivity contribution is 5.97. The molecule has 0 N–H and O–H groups in total. The van der Waals surface area contributed by atoms with E-state index in [4.69, 9.17) is 4.74 Å². The first-order valence-electron chi connectivity index (χ1n) is 9.37. The van der Waals surface area contributed by atoms with Crippen molar-refractivity contribution in [1.82, 2.24) is 9.80 Å². The Kier molecular flexibility index (Phi) is 5.77. The first kappa shape index (κ1) is 17.3. The molecule has 4 nitrogen and oxygen atoms in total. The van der Waals surface area contributed by atoms with E-state index in [1.165, 1.54) is 32.4 Å². The number of rotatable bonds is 5. The Labute approximate surface area is 145 Å². The number of ether oxygens (including phenoxy) is 1. The van der Waals surface area contributed by atoms with E-state index in [0.29, 0.717) is 17.4 Å². The van der Waals surface area contributed by atoms with Crippen LogP contribution in [0.2, 0.25) is 0 Å². The van der Waals surface area contributed by atoms with Crippen molar-refractivity contribution in [3.63, 3.8) is 0 Å². The lowest BCUT2D eigenvalue weighted by molar-refractivity contribution is 0.0584. The highest BCUT2D eigenvalue weighted by Crippen LogP contribution is 2.27. The number of likely N-dealkylation sites (tertiary alicyclic amines) is 2. The van der Waals surface area contributed by atoms with Crippen molar-refractivity contribution in [1.29, 1.82) is 0 Å². The van der Waals surface area contributed by atoms with Gasteiger partial charge in [-0.15, -0.1) is 0 Å². The van der Waals surface area contributed by atoms with Gasteiger partial charge >= 0.3 is 0 Å². The zero-order valence-electron chi connectivity index (χ0n) is 15.1. The molecule has 132 valence electrons. The van der Waals surface area contributed by atoms with E-state index in [9.17, 15) is 4.79 Å². The van der Waals surface area contributed by atoms with Crippen LogP contribution in [-0.4, -0.2) is 55.0 Å². The predicted molar refractivity (Wildman–Crippen MR) is 96.7 cm³/mol. The second-order valence-electron chi connectivity index (χ2n) is 7.19. The zero-order valence-corrected chi connectivity index (χ0v) is 15.1. The monoisotopic (exact) mass is 330 g/mol. The molecule has 1 atom stereocenters. The van der Waals surface area contributed by atoms with Gasteiger partial charge in [0.1, 0.15) is 5.75 Å². The van der Waals surface area contributed by atoms with Crippen LogP contribution in [0.3, 0.4) is 0 Å². The van der Waals surface area contributed by atoms with Crippen molar-refractivity contribution in [2.45, 2.75) is 51.5 Å². The summed E-state index contributed by atoms with van der Waals surface area (Å²) < 4.78 is 5.46. The van der Waals surface area contributed by atoms with Crippen LogP contribution >= 0.6 is 0 Å². The lowest BCUT2D eigenvalue weighted by Gasteiger charge is -2.37. The van der Waals surface area contributed by atoms with Crippen molar-refractivity contribution in [3.05, 3.63) is 29.3 Å². The quantitative estimate of drug-likeness (QED) is 0.828. The Morgan fingerprint density at radius 1 is 1.17 bits per heavy atom. The molecule has 24 heavy (non-hydrogen) atoms. The highest BCUT2D eigenvalue weighted by Gasteiger charge is 2.29. The van der Waals surface area contributed by atoms with E-state index in [2.05, 4.69) is 9.80 Å². The molecule has 0 aromatic heterocycles. The van der Waals surface area contributed by atoms with E-state index in [1.54, 1.807) is 7.11 Å². The third-order valence-corrected chi connectivity index (χ3v) is 5.45. The Morgan fingerprint density at radius 2 is 1.92 bits per heavy atom. The average Bonchev–Trinajstić information content (AvgIpc) is 3.13. The van der Waals surface area contributed by atoms with Crippen molar-refractivity contribution in [2.24, 2.45) is 0 Å². The molecule has 2 saturated heterocycles. The van der Waals surface area contributed by atoms with Crippen LogP contribution in [0.25, 0.3) is 0 Å². The minimum absolute atomic E-state index is 0.137. The molecule has 0 bridgehead atoms. The van der Waals surface area contributed by atoms with Gasteiger partial charge in [-0.3, -0.25) is 4.79 Å². The molecule has 1 aromatic rings. The summed E-state index contributed by atoms with van der Waals surface area (Å²) in [6.45, 7) is 6.48. The molecular weight excluding hydrogens is 300 g/mol. The van der Waals surface area contributed by atoms with Crippen LogP contribution in [0.15, 0.2) is 18.2 Å². The number of hydrogen-bond donors (Lipinski definition) is 0. The highest BCUT2D eigenvalue weighted by atomic mass is 16.5. The lowest BCUT2D eigenvalue weighted by atomic mass is 9.97. The minimum atomic E-state index is 0.137. The maximum atomic E-state index is 13.1. The second kappa shape index (κ2) is 8.02. The van der Waals surface area contributed by atoms with Gasteiger partial charge in [-0.2, -0.15) is 0 Å². The normalized spacial score (nSPS) is 21.9. The summed E-state index contributed by atoms with van der Waals surface area (Å²) in [7, 11) is 1.65. The number of carbonyl (C=O) groups excluding carboxylic acids is 1. The van der Waals surface area contributed by atoms with Crippen LogP contribution in [0.5, 0.6) is 5.75 Å². The molecule has 2 heterocycles. The Hall–Kier alpha value is -1.55. The van der Waals surface area contributed by atoms with E-state index in [1.807, 2.05) is 25.1 Å². The van der Waals surface area contributed by atoms with Gasteiger partial charge in [0.05, 0.1) is 12.7 Å². The number of hydrogen-bond acceptors (Lipinski definition) is 3. The fourth-order valence-corrected chi connectivity index (χ4v) is 4.04. The Morgan fingerprint density at radius 3 is 2.67 bits per heavy atom. The van der Waals surface area contributed by atoms with Crippen molar-refractivity contribution < 1.29 is 9.53 Å². The van der Waals surface area contributed by atoms with Crippen LogP contribution in [-0.2, 0) is 0 Å². The van der Waals surface area contributed by atoms with Gasteiger partial charge in [-0.05, 0) is 76.2 Å². The van der Waals surface area contributed by atoms with Gasteiger partial charge < -0.3 is 14.5 Å². The molecule has 0 saturated carbocycles. The molecule has 2 fully saturated rings. The molecule has 2 aliphatic heterocycles. The molecular formula is C20H30N2O2. The molecule has 3 rings (SSSR count). The number of methoxy groups -OCH3 is 1. The van der Waals surface area contributed by atoms with E-state index in [0.717, 1.165) is 37.9 Å². The van der Waals surface area contributed by atoms with Gasteiger partial charge in [-0.25, -0.2) is 0 Å². The van der Waals surface area contributed by atoms with Crippen LogP contribution in [0, 0.1) is 6.92 Å². The summed E-state index contributed by atoms with van der Waals surface area (Å²) in [5.74, 6) is 0.835. The standard InChI is InChI=1S/C20H30N2O2/c1-16-8-9-18(19(15-16)24-2)20(23)22-13-4-3-7-17(22)10-14-21-11-5-6-12-21/h8-9,15,17H,3-7,10-14H2,1-2H3/t17-/m0/s1. The number of benzene rings is 1. The van der Waals surface area contributed by atoms with Gasteiger partial charge in [0, 0.05) is 19.1 Å². The smallest absolute Gasteiger partial charge is 0.257 e. The Balaban J connectivity index is 1.70. The van der Waals surface area contributed by atoms with E-state index in [-0.39, 0.29) is 5.91 Å². The van der Waals surface area contributed by atoms with Gasteiger partial charge in [0.15, 0.2) is 0 Å². The molecule has 0 radical (unpaired) electrons. The topological polar surface area (TPSA) is 32.8 Å². The molecule has 0 spiro atoms. The summed E-state index contributed by atoms with van der Waals surface area (Å²) in [5, 5.41) is 0. The van der Waals surface area contributed by atoms with Gasteiger partial charge in [0.2, 0.25) is 0 Å². The molecule has 1 amide bonds. The molecule has 0 unspecified atom stereocenters. The second-order valence-corrected chi connectivity index (χ2v) is 7.19. The third-order valence-electron chi connectivity index (χ3n) is 5.45. The molecule has 2 aliphatic rings. The number of nitrogens with zero attached hydrogens (tertiary/aromatic N) is 2. The van der Waals surface area contributed by atoms with Crippen molar-refractivity contribution in [2.75, 3.05) is 33.3 Å². The molecule has 4 heteroatoms. The van der Waals surface area contributed by atoms with Gasteiger partial charge in [-0.1, -0.05) is 6.07 Å². The first-order valence-corrected chi connectivity index (χ1v) is 9.37. The Bertz CT molecular complexity index is 567. The molecule has 1 aromatic carbocycles. The number of carbonyl (C=O) groups is 1. The number of piperidine rings is 1. The van der Waals surface area contributed by atoms with E-state index >= 15 is 0 Å². The van der Waals surface area contributed by atoms with Gasteiger partial charge in [0.25, 0.3) is 5.91 Å². The SMILES string of the molecule is COc1cc(C)ccc1C(=O)N1CCCC[C@H]1CCN1CCCC1. The predicted octanol–water partition coefficient (Wildman–Crippen LogP) is 3.48. The lowest BCUT2D eigenvalue weighted by Crippen LogP contribution is -2.45. The number of amides is 1. The third kappa shape index (κ3) is 3.92. The summed E-state index contributed by atoms with van der Waals surface area (Å²) in [6, 6.07) is 6.25. The summed E-state index contributed by atoms with van der Waals surface area (Å²) in [5.41, 5.74) is 1.82. The average molecular weight is 330 g/mol. The maximum absolute atomic E-state index is 13.1. The van der Waals surface area contributed by atoms with Crippen LogP contribution in [0.1, 0.15) is 54.4 Å². The van der Waals surface area contributed by atoms with Crippen LogP contribution in [0.4, 0.5) is 0 Å². The fraction of sp³-hybridized carbons (Fsp3) is 0.650. The largest absolute Gasteiger partial charge is 0.496 e. The maximum Gasteiger partial charge on any atom is 0.257 e. The van der Waals surface area contributed by atoms with Crippen LogP contribution < -0.4 is 4.74 Å². The minimum Gasteiger partial charge on any atom is -0.496 e. The fourth-order valence-electron chi connectivity index (χ4n) is 4.04. The first-order chi connectivity index (χ1) is 11.7. The van der Waals surface area contributed by atoms with Crippen molar-refractivity contribution >= 4 is 5.91 Å². The number of aryl methyl sites for hydroxylation is 1.